The molecule has 0 spiro atoms. The quantitative estimate of drug-likeness (QED) is 0.875. The van der Waals surface area contributed by atoms with Gasteiger partial charge in [0.15, 0.2) is 5.82 Å². The topological polar surface area (TPSA) is 29.1 Å². The van der Waals surface area contributed by atoms with Crippen LogP contribution in [-0.4, -0.2) is 12.5 Å². The van der Waals surface area contributed by atoms with Crippen molar-refractivity contribution < 1.29 is 9.18 Å². The minimum absolute atomic E-state index is 0.0896. The number of carbonyl (C=O) groups excluding carboxylic acids is 1. The highest BCUT2D eigenvalue weighted by Crippen LogP contribution is 2.17. The van der Waals surface area contributed by atoms with Crippen LogP contribution in [0.2, 0.25) is 5.02 Å². The summed E-state index contributed by atoms with van der Waals surface area (Å²) < 4.78 is 13.3. The molecule has 0 aliphatic carbocycles. The van der Waals surface area contributed by atoms with Gasteiger partial charge in [-0.1, -0.05) is 35.8 Å². The number of halogens is 3. The summed E-state index contributed by atoms with van der Waals surface area (Å²) in [6, 6.07) is 4.21. The predicted octanol–water partition coefficient (Wildman–Crippen LogP) is 2.96. The molecule has 5 heteroatoms. The monoisotopic (exact) mass is 247 g/mol. The van der Waals surface area contributed by atoms with Crippen molar-refractivity contribution in [3.63, 3.8) is 0 Å². The average Bonchev–Trinajstić information content (AvgIpc) is 2.18. The Morgan fingerprint density at radius 3 is 2.80 bits per heavy atom. The molecular weight excluding hydrogens is 240 g/mol. The summed E-state index contributed by atoms with van der Waals surface area (Å²) in [6.45, 7) is 3.48. The molecule has 1 rings (SSSR count). The summed E-state index contributed by atoms with van der Waals surface area (Å²) in [7, 11) is 0. The Morgan fingerprint density at radius 2 is 2.20 bits per heavy atom. The number of hydrogen-bond donors (Lipinski definition) is 1. The van der Waals surface area contributed by atoms with Gasteiger partial charge in [-0.25, -0.2) is 4.39 Å². The van der Waals surface area contributed by atoms with Crippen LogP contribution in [0.5, 0.6) is 0 Å². The van der Waals surface area contributed by atoms with Crippen LogP contribution in [0.25, 0.3) is 0 Å². The third-order valence-electron chi connectivity index (χ3n) is 1.64. The summed E-state index contributed by atoms with van der Waals surface area (Å²) in [5.41, 5.74) is -0.111. The van der Waals surface area contributed by atoms with Crippen LogP contribution in [0.4, 0.5) is 4.39 Å². The fraction of sp³-hybridized carbons (Fsp3) is 0.100. The molecule has 0 aliphatic rings. The van der Waals surface area contributed by atoms with E-state index in [1.54, 1.807) is 0 Å². The van der Waals surface area contributed by atoms with Crippen molar-refractivity contribution in [3.05, 3.63) is 46.2 Å². The molecule has 15 heavy (non-hydrogen) atoms. The summed E-state index contributed by atoms with van der Waals surface area (Å²) in [5.74, 6) is -1.31. The van der Waals surface area contributed by atoms with E-state index in [1.807, 2.05) is 0 Å². The zero-order chi connectivity index (χ0) is 11.4. The lowest BCUT2D eigenvalue weighted by molar-refractivity contribution is 0.0953. The summed E-state index contributed by atoms with van der Waals surface area (Å²) in [5, 5.41) is 2.58. The van der Waals surface area contributed by atoms with Crippen LogP contribution in [0.3, 0.4) is 0 Å². The molecule has 0 aliphatic heterocycles. The molecule has 0 radical (unpaired) electrons. The van der Waals surface area contributed by atoms with Gasteiger partial charge < -0.3 is 5.32 Å². The first-order chi connectivity index (χ1) is 7.02. The number of carbonyl (C=O) groups is 1. The molecule has 0 fully saturated rings. The maximum atomic E-state index is 13.3. The summed E-state index contributed by atoms with van der Waals surface area (Å²) in [4.78, 5) is 11.4. The largest absolute Gasteiger partial charge is 0.347 e. The maximum Gasteiger partial charge on any atom is 0.254 e. The number of rotatable bonds is 3. The number of nitrogens with one attached hydrogen (secondary N) is 1. The van der Waals surface area contributed by atoms with Gasteiger partial charge in [0.1, 0.15) is 0 Å². The van der Waals surface area contributed by atoms with Crippen LogP contribution < -0.4 is 5.32 Å². The molecule has 80 valence electrons. The van der Waals surface area contributed by atoms with Crippen molar-refractivity contribution in [2.45, 2.75) is 0 Å². The van der Waals surface area contributed by atoms with Gasteiger partial charge in [-0.2, -0.15) is 0 Å². The van der Waals surface area contributed by atoms with Crippen LogP contribution in [0.15, 0.2) is 29.8 Å². The molecule has 0 aromatic heterocycles. The van der Waals surface area contributed by atoms with E-state index in [9.17, 15) is 9.18 Å². The fourth-order valence-corrected chi connectivity index (χ4v) is 1.19. The van der Waals surface area contributed by atoms with E-state index < -0.39 is 11.7 Å². The van der Waals surface area contributed by atoms with Crippen LogP contribution in [0.1, 0.15) is 10.4 Å². The molecule has 0 heterocycles. The lowest BCUT2D eigenvalue weighted by Crippen LogP contribution is -2.25. The highest BCUT2D eigenvalue weighted by Gasteiger charge is 2.13. The van der Waals surface area contributed by atoms with E-state index in [0.29, 0.717) is 0 Å². The van der Waals surface area contributed by atoms with Gasteiger partial charge in [-0.05, 0) is 12.1 Å². The van der Waals surface area contributed by atoms with E-state index in [-0.39, 0.29) is 22.2 Å². The molecular formula is C10H8Cl2FNO. The first-order valence-electron chi connectivity index (χ1n) is 4.08. The van der Waals surface area contributed by atoms with Gasteiger partial charge in [-0.15, -0.1) is 0 Å². The zero-order valence-electron chi connectivity index (χ0n) is 7.69. The molecule has 0 atom stereocenters. The van der Waals surface area contributed by atoms with Crippen molar-refractivity contribution in [1.82, 2.24) is 5.32 Å². The van der Waals surface area contributed by atoms with E-state index in [4.69, 9.17) is 23.2 Å². The molecule has 1 amide bonds. The lowest BCUT2D eigenvalue weighted by Gasteiger charge is -2.05. The SMILES string of the molecule is C=C(Cl)CNC(=O)c1cccc(Cl)c1F. The van der Waals surface area contributed by atoms with Gasteiger partial charge in [0.25, 0.3) is 5.91 Å². The molecule has 1 N–H and O–H groups in total. The molecule has 0 saturated carbocycles. The van der Waals surface area contributed by atoms with Gasteiger partial charge in [0, 0.05) is 5.03 Å². The fourth-order valence-electron chi connectivity index (χ4n) is 0.951. The molecule has 1 aromatic rings. The maximum absolute atomic E-state index is 13.3. The molecule has 0 bridgehead atoms. The van der Waals surface area contributed by atoms with Gasteiger partial charge in [0.05, 0.1) is 17.1 Å². The third kappa shape index (κ3) is 3.22. The Balaban J connectivity index is 2.82. The minimum atomic E-state index is -0.739. The predicted molar refractivity (Wildman–Crippen MR) is 58.7 cm³/mol. The second-order valence-corrected chi connectivity index (χ2v) is 3.74. The standard InChI is InChI=1S/C10H8Cl2FNO/c1-6(11)5-14-10(15)7-3-2-4-8(12)9(7)13/h2-4H,1,5H2,(H,14,15). The molecule has 1 aromatic carbocycles. The van der Waals surface area contributed by atoms with Crippen molar-refractivity contribution in [2.75, 3.05) is 6.54 Å². The van der Waals surface area contributed by atoms with Gasteiger partial charge in [-0.3, -0.25) is 4.79 Å². The van der Waals surface area contributed by atoms with Crippen molar-refractivity contribution in [3.8, 4) is 0 Å². The van der Waals surface area contributed by atoms with Crippen LogP contribution in [-0.2, 0) is 0 Å². The Labute approximate surface area is 96.7 Å². The molecule has 0 saturated heterocycles. The van der Waals surface area contributed by atoms with Crippen molar-refractivity contribution in [2.24, 2.45) is 0 Å². The van der Waals surface area contributed by atoms with E-state index in [1.165, 1.54) is 18.2 Å². The highest BCUT2D eigenvalue weighted by molar-refractivity contribution is 6.31. The molecule has 2 nitrogen and oxygen atoms in total. The smallest absolute Gasteiger partial charge is 0.254 e. The van der Waals surface area contributed by atoms with Gasteiger partial charge in [0.2, 0.25) is 0 Å². The molecule has 0 unspecified atom stereocenters. The number of benzene rings is 1. The van der Waals surface area contributed by atoms with Gasteiger partial charge >= 0.3 is 0 Å². The Bertz CT molecular complexity index is 406. The number of hydrogen-bond acceptors (Lipinski definition) is 1. The van der Waals surface area contributed by atoms with E-state index in [2.05, 4.69) is 11.9 Å². The number of amides is 1. The lowest BCUT2D eigenvalue weighted by atomic mass is 10.2. The zero-order valence-corrected chi connectivity index (χ0v) is 9.20. The van der Waals surface area contributed by atoms with Crippen LogP contribution in [0, 0.1) is 5.82 Å². The normalized spacial score (nSPS) is 9.80. The minimum Gasteiger partial charge on any atom is -0.347 e. The summed E-state index contributed by atoms with van der Waals surface area (Å²) in [6.07, 6.45) is 0. The van der Waals surface area contributed by atoms with Crippen molar-refractivity contribution in [1.29, 1.82) is 0 Å². The third-order valence-corrected chi connectivity index (χ3v) is 2.06. The highest BCUT2D eigenvalue weighted by atomic mass is 35.5. The average molecular weight is 248 g/mol. The van der Waals surface area contributed by atoms with Crippen molar-refractivity contribution >= 4 is 29.1 Å². The van der Waals surface area contributed by atoms with E-state index in [0.717, 1.165) is 0 Å². The summed E-state index contributed by atoms with van der Waals surface area (Å²) >= 11 is 11.0. The first-order valence-corrected chi connectivity index (χ1v) is 4.83. The van der Waals surface area contributed by atoms with Crippen LogP contribution >= 0.6 is 23.2 Å². The Hall–Kier alpha value is -1.06. The Morgan fingerprint density at radius 1 is 1.53 bits per heavy atom. The second kappa shape index (κ2) is 5.14. The van der Waals surface area contributed by atoms with E-state index >= 15 is 0 Å². The second-order valence-electron chi connectivity index (χ2n) is 2.80. The first kappa shape index (κ1) is 12.0. The Kier molecular flexibility index (Phi) is 4.12.